The summed E-state index contributed by atoms with van der Waals surface area (Å²) in [5.41, 5.74) is 2.06. The van der Waals surface area contributed by atoms with E-state index in [1.165, 1.54) is 0 Å². The highest BCUT2D eigenvalue weighted by Gasteiger charge is 2.30. The van der Waals surface area contributed by atoms with Crippen molar-refractivity contribution in [2.24, 2.45) is 0 Å². The van der Waals surface area contributed by atoms with Crippen LogP contribution >= 0.6 is 22.9 Å². The van der Waals surface area contributed by atoms with E-state index in [0.717, 1.165) is 22.7 Å². The molecule has 3 rings (SSSR count). The third kappa shape index (κ3) is 4.31. The largest absolute Gasteiger partial charge is 0.371 e. The van der Waals surface area contributed by atoms with Gasteiger partial charge in [0.1, 0.15) is 6.10 Å². The molecule has 2 aromatic rings. The van der Waals surface area contributed by atoms with Crippen molar-refractivity contribution in [2.45, 2.75) is 38.3 Å². The summed E-state index contributed by atoms with van der Waals surface area (Å²) >= 11 is 7.53. The SMILES string of the molecule is Cc1csc(CCC(=O)NC2CCOC2c2ccc(Cl)cc2)n1. The molecular formula is C17H19ClN2O2S. The summed E-state index contributed by atoms with van der Waals surface area (Å²) in [4.78, 5) is 16.6. The summed E-state index contributed by atoms with van der Waals surface area (Å²) in [7, 11) is 0. The Morgan fingerprint density at radius 3 is 2.91 bits per heavy atom. The van der Waals surface area contributed by atoms with E-state index >= 15 is 0 Å². The van der Waals surface area contributed by atoms with Crippen LogP contribution in [0.25, 0.3) is 0 Å². The number of hydrogen-bond acceptors (Lipinski definition) is 4. The molecule has 1 aliphatic heterocycles. The Morgan fingerprint density at radius 2 is 2.22 bits per heavy atom. The average Bonchev–Trinajstić information content (AvgIpc) is 3.15. The van der Waals surface area contributed by atoms with Crippen LogP contribution in [-0.4, -0.2) is 23.5 Å². The maximum Gasteiger partial charge on any atom is 0.220 e. The van der Waals surface area contributed by atoms with Gasteiger partial charge in [-0.05, 0) is 31.0 Å². The van der Waals surface area contributed by atoms with Gasteiger partial charge in [-0.2, -0.15) is 0 Å². The van der Waals surface area contributed by atoms with Gasteiger partial charge in [0.15, 0.2) is 0 Å². The number of ether oxygens (including phenoxy) is 1. The van der Waals surface area contributed by atoms with E-state index in [-0.39, 0.29) is 18.1 Å². The van der Waals surface area contributed by atoms with Crippen molar-refractivity contribution in [3.8, 4) is 0 Å². The van der Waals surface area contributed by atoms with Gasteiger partial charge < -0.3 is 10.1 Å². The third-order valence-corrected chi connectivity index (χ3v) is 5.15. The number of hydrogen-bond donors (Lipinski definition) is 1. The monoisotopic (exact) mass is 350 g/mol. The first-order chi connectivity index (χ1) is 11.1. The Labute approximate surface area is 144 Å². The second-order valence-corrected chi connectivity index (χ2v) is 7.07. The second kappa shape index (κ2) is 7.43. The molecule has 122 valence electrons. The lowest BCUT2D eigenvalue weighted by Gasteiger charge is -2.20. The number of carbonyl (C=O) groups is 1. The fourth-order valence-electron chi connectivity index (χ4n) is 2.74. The first-order valence-electron chi connectivity index (χ1n) is 7.69. The fourth-order valence-corrected chi connectivity index (χ4v) is 3.64. The van der Waals surface area contributed by atoms with Crippen molar-refractivity contribution in [3.05, 3.63) is 50.9 Å². The molecule has 23 heavy (non-hydrogen) atoms. The van der Waals surface area contributed by atoms with Crippen LogP contribution < -0.4 is 5.32 Å². The van der Waals surface area contributed by atoms with Crippen molar-refractivity contribution in [1.29, 1.82) is 0 Å². The number of aromatic nitrogens is 1. The zero-order chi connectivity index (χ0) is 16.2. The average molecular weight is 351 g/mol. The van der Waals surface area contributed by atoms with E-state index in [4.69, 9.17) is 16.3 Å². The van der Waals surface area contributed by atoms with E-state index < -0.39 is 0 Å². The van der Waals surface area contributed by atoms with Crippen molar-refractivity contribution in [1.82, 2.24) is 10.3 Å². The highest BCUT2D eigenvalue weighted by atomic mass is 35.5. The molecule has 1 fully saturated rings. The normalized spacial score (nSPS) is 20.6. The lowest BCUT2D eigenvalue weighted by atomic mass is 10.0. The van der Waals surface area contributed by atoms with Gasteiger partial charge in [0, 0.05) is 35.5 Å². The maximum absolute atomic E-state index is 12.2. The van der Waals surface area contributed by atoms with Gasteiger partial charge in [-0.15, -0.1) is 11.3 Å². The Morgan fingerprint density at radius 1 is 1.43 bits per heavy atom. The molecule has 0 bridgehead atoms. The summed E-state index contributed by atoms with van der Waals surface area (Å²) < 4.78 is 5.79. The Balaban J connectivity index is 1.55. The van der Waals surface area contributed by atoms with Gasteiger partial charge in [0.05, 0.1) is 11.0 Å². The van der Waals surface area contributed by atoms with E-state index in [9.17, 15) is 4.79 Å². The summed E-state index contributed by atoms with van der Waals surface area (Å²) in [5.74, 6) is 0.0484. The standard InChI is InChI=1S/C17H19ClN2O2S/c1-11-10-23-16(19-11)7-6-15(21)20-14-8-9-22-17(14)12-2-4-13(18)5-3-12/h2-5,10,14,17H,6-9H2,1H3,(H,20,21). The van der Waals surface area contributed by atoms with E-state index in [0.29, 0.717) is 24.5 Å². The minimum absolute atomic E-state index is 0.0155. The van der Waals surface area contributed by atoms with Crippen LogP contribution in [0.15, 0.2) is 29.6 Å². The summed E-state index contributed by atoms with van der Waals surface area (Å²) in [6, 6.07) is 7.62. The van der Waals surface area contributed by atoms with Crippen LogP contribution in [0.5, 0.6) is 0 Å². The van der Waals surface area contributed by atoms with Crippen LogP contribution in [-0.2, 0) is 16.0 Å². The number of amides is 1. The number of halogens is 1. The minimum Gasteiger partial charge on any atom is -0.371 e. The molecule has 0 aliphatic carbocycles. The Bertz CT molecular complexity index is 671. The number of nitrogens with one attached hydrogen (secondary N) is 1. The predicted octanol–water partition coefficient (Wildman–Crippen LogP) is 3.68. The number of carbonyl (C=O) groups excluding carboxylic acids is 1. The first-order valence-corrected chi connectivity index (χ1v) is 8.95. The summed E-state index contributed by atoms with van der Waals surface area (Å²) in [5, 5.41) is 6.82. The van der Waals surface area contributed by atoms with Crippen molar-refractivity contribution >= 4 is 28.8 Å². The van der Waals surface area contributed by atoms with Crippen LogP contribution in [0.2, 0.25) is 5.02 Å². The molecule has 2 heterocycles. The number of aryl methyl sites for hydroxylation is 2. The van der Waals surface area contributed by atoms with Gasteiger partial charge in [-0.3, -0.25) is 4.79 Å². The topological polar surface area (TPSA) is 51.2 Å². The molecular weight excluding hydrogens is 332 g/mol. The molecule has 2 unspecified atom stereocenters. The quantitative estimate of drug-likeness (QED) is 0.894. The van der Waals surface area contributed by atoms with Gasteiger partial charge in [-0.25, -0.2) is 4.98 Å². The summed E-state index contributed by atoms with van der Waals surface area (Å²) in [6.45, 7) is 2.62. The van der Waals surface area contributed by atoms with Crippen LogP contribution in [0.1, 0.15) is 35.2 Å². The van der Waals surface area contributed by atoms with E-state index in [1.807, 2.05) is 36.6 Å². The van der Waals surface area contributed by atoms with E-state index in [1.54, 1.807) is 11.3 Å². The Hall–Kier alpha value is -1.43. The first kappa shape index (κ1) is 16.4. The van der Waals surface area contributed by atoms with Crippen LogP contribution in [0, 0.1) is 6.92 Å². The summed E-state index contributed by atoms with van der Waals surface area (Å²) in [6.07, 6.45) is 1.87. The maximum atomic E-state index is 12.2. The predicted molar refractivity (Wildman–Crippen MR) is 91.9 cm³/mol. The van der Waals surface area contributed by atoms with Crippen LogP contribution in [0.4, 0.5) is 0 Å². The molecule has 0 saturated carbocycles. The van der Waals surface area contributed by atoms with Crippen LogP contribution in [0.3, 0.4) is 0 Å². The lowest BCUT2D eigenvalue weighted by Crippen LogP contribution is -2.36. The minimum atomic E-state index is -0.0988. The molecule has 4 nitrogen and oxygen atoms in total. The smallest absolute Gasteiger partial charge is 0.220 e. The molecule has 1 aromatic carbocycles. The third-order valence-electron chi connectivity index (χ3n) is 3.87. The zero-order valence-corrected chi connectivity index (χ0v) is 14.5. The molecule has 1 aliphatic rings. The number of rotatable bonds is 5. The molecule has 1 saturated heterocycles. The zero-order valence-electron chi connectivity index (χ0n) is 12.9. The molecule has 1 amide bonds. The highest BCUT2D eigenvalue weighted by molar-refractivity contribution is 7.09. The van der Waals surface area contributed by atoms with Gasteiger partial charge in [0.25, 0.3) is 0 Å². The molecule has 1 N–H and O–H groups in total. The second-order valence-electron chi connectivity index (χ2n) is 5.69. The highest BCUT2D eigenvalue weighted by Crippen LogP contribution is 2.30. The van der Waals surface area contributed by atoms with E-state index in [2.05, 4.69) is 10.3 Å². The number of thiazole rings is 1. The van der Waals surface area contributed by atoms with Gasteiger partial charge in [-0.1, -0.05) is 23.7 Å². The molecule has 1 aromatic heterocycles. The Kier molecular flexibility index (Phi) is 5.30. The van der Waals surface area contributed by atoms with Crippen molar-refractivity contribution in [3.63, 3.8) is 0 Å². The molecule has 0 spiro atoms. The molecule has 0 radical (unpaired) electrons. The van der Waals surface area contributed by atoms with Gasteiger partial charge >= 0.3 is 0 Å². The molecule has 2 atom stereocenters. The van der Waals surface area contributed by atoms with Crippen molar-refractivity contribution in [2.75, 3.05) is 6.61 Å². The number of nitrogens with zero attached hydrogens (tertiary/aromatic N) is 1. The van der Waals surface area contributed by atoms with Crippen molar-refractivity contribution < 1.29 is 9.53 Å². The molecule has 6 heteroatoms. The fraction of sp³-hybridized carbons (Fsp3) is 0.412. The number of benzene rings is 1. The lowest BCUT2D eigenvalue weighted by molar-refractivity contribution is -0.122. The van der Waals surface area contributed by atoms with Gasteiger partial charge in [0.2, 0.25) is 5.91 Å².